The van der Waals surface area contributed by atoms with E-state index in [9.17, 15) is 10.1 Å². The maximum Gasteiger partial charge on any atom is 0.274 e. The van der Waals surface area contributed by atoms with E-state index in [1.165, 1.54) is 6.07 Å². The number of hydrogen-bond acceptors (Lipinski definition) is 7. The second kappa shape index (κ2) is 7.36. The average molecular weight is 362 g/mol. The fraction of sp³-hybridized carbons (Fsp3) is 0.211. The van der Waals surface area contributed by atoms with Crippen LogP contribution in [0.3, 0.4) is 0 Å². The molecule has 2 N–H and O–H groups in total. The molecule has 1 aliphatic carbocycles. The minimum Gasteiger partial charge on any atom is -0.366 e. The van der Waals surface area contributed by atoms with Crippen molar-refractivity contribution >= 4 is 17.5 Å². The summed E-state index contributed by atoms with van der Waals surface area (Å²) in [6.45, 7) is 0.298. The topological polar surface area (TPSA) is 106 Å². The Bertz CT molecular complexity index is 959. The van der Waals surface area contributed by atoms with E-state index in [2.05, 4.69) is 25.6 Å². The van der Waals surface area contributed by atoms with Crippen molar-refractivity contribution in [2.24, 2.45) is 0 Å². The van der Waals surface area contributed by atoms with Crippen LogP contribution in [0.25, 0.3) is 11.3 Å². The Morgan fingerprint density at radius 2 is 1.89 bits per heavy atom. The van der Waals surface area contributed by atoms with Crippen LogP contribution in [0.4, 0.5) is 17.5 Å². The van der Waals surface area contributed by atoms with Gasteiger partial charge in [-0.05, 0) is 25.0 Å². The van der Waals surface area contributed by atoms with E-state index in [4.69, 9.17) is 0 Å². The van der Waals surface area contributed by atoms with Gasteiger partial charge in [0.15, 0.2) is 0 Å². The summed E-state index contributed by atoms with van der Waals surface area (Å²) in [5.74, 6) is 1.16. The molecule has 1 aromatic carbocycles. The van der Waals surface area contributed by atoms with E-state index in [0.29, 0.717) is 29.9 Å². The summed E-state index contributed by atoms with van der Waals surface area (Å²) in [6.07, 6.45) is 5.65. The molecule has 2 aromatic heterocycles. The Balaban J connectivity index is 1.61. The minimum atomic E-state index is -0.376. The summed E-state index contributed by atoms with van der Waals surface area (Å²) >= 11 is 0. The highest BCUT2D eigenvalue weighted by molar-refractivity contribution is 5.64. The largest absolute Gasteiger partial charge is 0.366 e. The number of nitro groups is 1. The number of hydrogen-bond donors (Lipinski definition) is 2. The number of aromatic nitrogens is 3. The van der Waals surface area contributed by atoms with Crippen LogP contribution in [0.1, 0.15) is 18.4 Å². The average Bonchev–Trinajstić information content (AvgIpc) is 3.51. The van der Waals surface area contributed by atoms with Gasteiger partial charge in [-0.2, -0.15) is 4.98 Å². The molecule has 0 amide bonds. The Hall–Kier alpha value is -3.55. The molecule has 3 aromatic rings. The standard InChI is InChI=1S/C19H18N6O2/c26-25(27)17-4-2-1-3-14(17)12-21-18-11-16(13-7-9-20-10-8-13)23-19(24-18)22-15-5-6-15/h1-4,7-11,15H,5-6,12H2,(H2,21,22,23,24). The fourth-order valence-electron chi connectivity index (χ4n) is 2.71. The van der Waals surface area contributed by atoms with Crippen LogP contribution in [0.15, 0.2) is 54.9 Å². The number of rotatable bonds is 7. The third-order valence-corrected chi connectivity index (χ3v) is 4.26. The van der Waals surface area contributed by atoms with Crippen LogP contribution in [0.2, 0.25) is 0 Å². The second-order valence-electron chi connectivity index (χ2n) is 6.36. The first kappa shape index (κ1) is 16.9. The monoisotopic (exact) mass is 362 g/mol. The summed E-state index contributed by atoms with van der Waals surface area (Å²) in [4.78, 5) is 23.9. The molecule has 8 heteroatoms. The smallest absolute Gasteiger partial charge is 0.274 e. The van der Waals surface area contributed by atoms with Crippen LogP contribution in [-0.2, 0) is 6.54 Å². The Kier molecular flexibility index (Phi) is 4.61. The van der Waals surface area contributed by atoms with E-state index in [0.717, 1.165) is 24.1 Å². The second-order valence-corrected chi connectivity index (χ2v) is 6.36. The van der Waals surface area contributed by atoms with Gasteiger partial charge < -0.3 is 10.6 Å². The number of nitrogens with zero attached hydrogens (tertiary/aromatic N) is 4. The van der Waals surface area contributed by atoms with Crippen LogP contribution in [-0.4, -0.2) is 25.9 Å². The summed E-state index contributed by atoms with van der Waals surface area (Å²) in [5.41, 5.74) is 2.38. The first-order chi connectivity index (χ1) is 13.2. The molecule has 1 fully saturated rings. The molecule has 0 aliphatic heterocycles. The van der Waals surface area contributed by atoms with Crippen LogP contribution >= 0.6 is 0 Å². The lowest BCUT2D eigenvalue weighted by molar-refractivity contribution is -0.385. The molecule has 0 saturated heterocycles. The first-order valence-electron chi connectivity index (χ1n) is 8.71. The molecule has 0 bridgehead atoms. The van der Waals surface area contributed by atoms with Gasteiger partial charge in [0.1, 0.15) is 5.82 Å². The van der Waals surface area contributed by atoms with E-state index < -0.39 is 0 Å². The summed E-state index contributed by atoms with van der Waals surface area (Å²) < 4.78 is 0. The van der Waals surface area contributed by atoms with E-state index in [1.54, 1.807) is 30.6 Å². The quantitative estimate of drug-likeness (QED) is 0.488. The van der Waals surface area contributed by atoms with Gasteiger partial charge in [-0.1, -0.05) is 18.2 Å². The number of para-hydroxylation sites is 1. The van der Waals surface area contributed by atoms with Crippen molar-refractivity contribution < 1.29 is 4.92 Å². The highest BCUT2D eigenvalue weighted by Crippen LogP contribution is 2.27. The normalized spacial score (nSPS) is 13.2. The summed E-state index contributed by atoms with van der Waals surface area (Å²) in [6, 6.07) is 12.7. The number of anilines is 2. The summed E-state index contributed by atoms with van der Waals surface area (Å²) in [7, 11) is 0. The molecule has 136 valence electrons. The number of nitrogens with one attached hydrogen (secondary N) is 2. The molecule has 0 radical (unpaired) electrons. The molecule has 4 rings (SSSR count). The molecule has 0 spiro atoms. The molecule has 0 unspecified atom stereocenters. The van der Waals surface area contributed by atoms with Gasteiger partial charge in [-0.25, -0.2) is 4.98 Å². The zero-order valence-corrected chi connectivity index (χ0v) is 14.5. The Morgan fingerprint density at radius 3 is 2.63 bits per heavy atom. The van der Waals surface area contributed by atoms with Crippen molar-refractivity contribution in [3.05, 3.63) is 70.5 Å². The van der Waals surface area contributed by atoms with Crippen LogP contribution in [0, 0.1) is 10.1 Å². The fourth-order valence-corrected chi connectivity index (χ4v) is 2.71. The number of benzene rings is 1. The van der Waals surface area contributed by atoms with Crippen LogP contribution < -0.4 is 10.6 Å². The minimum absolute atomic E-state index is 0.0877. The van der Waals surface area contributed by atoms with E-state index >= 15 is 0 Å². The molecule has 8 nitrogen and oxygen atoms in total. The number of nitro benzene ring substituents is 1. The van der Waals surface area contributed by atoms with Crippen molar-refractivity contribution in [3.8, 4) is 11.3 Å². The van der Waals surface area contributed by atoms with Crippen LogP contribution in [0.5, 0.6) is 0 Å². The third kappa shape index (κ3) is 4.17. The Morgan fingerprint density at radius 1 is 1.11 bits per heavy atom. The SMILES string of the molecule is O=[N+]([O-])c1ccccc1CNc1cc(-c2ccncc2)nc(NC2CC2)n1. The molecular weight excluding hydrogens is 344 g/mol. The van der Waals surface area contributed by atoms with Crippen molar-refractivity contribution in [3.63, 3.8) is 0 Å². The molecular formula is C19H18N6O2. The van der Waals surface area contributed by atoms with Crippen molar-refractivity contribution in [2.75, 3.05) is 10.6 Å². The third-order valence-electron chi connectivity index (χ3n) is 4.26. The van der Waals surface area contributed by atoms with Gasteiger partial charge in [0.2, 0.25) is 5.95 Å². The zero-order valence-electron chi connectivity index (χ0n) is 14.5. The van der Waals surface area contributed by atoms with E-state index in [1.807, 2.05) is 18.2 Å². The van der Waals surface area contributed by atoms with Gasteiger partial charge in [0.05, 0.1) is 10.6 Å². The molecule has 1 aliphatic rings. The van der Waals surface area contributed by atoms with Gasteiger partial charge in [-0.15, -0.1) is 0 Å². The lowest BCUT2D eigenvalue weighted by atomic mass is 10.1. The first-order valence-corrected chi connectivity index (χ1v) is 8.71. The molecule has 0 atom stereocenters. The van der Waals surface area contributed by atoms with Gasteiger partial charge in [0.25, 0.3) is 5.69 Å². The Labute approximate surface area is 155 Å². The van der Waals surface area contributed by atoms with Gasteiger partial charge in [-0.3, -0.25) is 15.1 Å². The van der Waals surface area contributed by atoms with Crippen molar-refractivity contribution in [1.82, 2.24) is 15.0 Å². The zero-order chi connectivity index (χ0) is 18.6. The predicted molar refractivity (Wildman–Crippen MR) is 102 cm³/mol. The highest BCUT2D eigenvalue weighted by Gasteiger charge is 2.22. The molecule has 2 heterocycles. The molecule has 27 heavy (non-hydrogen) atoms. The molecule has 1 saturated carbocycles. The maximum absolute atomic E-state index is 11.2. The predicted octanol–water partition coefficient (Wildman–Crippen LogP) is 3.63. The highest BCUT2D eigenvalue weighted by atomic mass is 16.6. The summed E-state index contributed by atoms with van der Waals surface area (Å²) in [5, 5.41) is 17.7. The van der Waals surface area contributed by atoms with E-state index in [-0.39, 0.29) is 10.6 Å². The van der Waals surface area contributed by atoms with Gasteiger partial charge in [0, 0.05) is 48.2 Å². The maximum atomic E-state index is 11.2. The van der Waals surface area contributed by atoms with Crippen molar-refractivity contribution in [1.29, 1.82) is 0 Å². The van der Waals surface area contributed by atoms with Gasteiger partial charge >= 0.3 is 0 Å². The lowest BCUT2D eigenvalue weighted by Crippen LogP contribution is -2.09. The van der Waals surface area contributed by atoms with Crippen molar-refractivity contribution in [2.45, 2.75) is 25.4 Å². The number of pyridine rings is 1. The lowest BCUT2D eigenvalue weighted by Gasteiger charge is -2.11.